The van der Waals surface area contributed by atoms with Crippen molar-refractivity contribution in [3.05, 3.63) is 11.3 Å². The van der Waals surface area contributed by atoms with E-state index < -0.39 is 20.0 Å². The van der Waals surface area contributed by atoms with Crippen LogP contribution in [0.1, 0.15) is 53.4 Å². The van der Waals surface area contributed by atoms with E-state index in [-0.39, 0.29) is 0 Å². The van der Waals surface area contributed by atoms with Crippen molar-refractivity contribution in [3.63, 3.8) is 0 Å². The Morgan fingerprint density at radius 2 is 1.43 bits per heavy atom. The lowest BCUT2D eigenvalue weighted by atomic mass is 10.4. The number of aliphatic carboxylic acids is 1. The maximum atomic E-state index is 12.4. The van der Waals surface area contributed by atoms with Gasteiger partial charge in [0.05, 0.1) is 14.7 Å². The second-order valence-electron chi connectivity index (χ2n) is 5.56. The van der Waals surface area contributed by atoms with Crippen molar-refractivity contribution in [1.29, 1.82) is 0 Å². The molecule has 0 rings (SSSR count). The van der Waals surface area contributed by atoms with E-state index in [4.69, 9.17) is 9.84 Å². The molecule has 0 bridgehead atoms. The average molecular weight is 314 g/mol. The zero-order chi connectivity index (χ0) is 16.3. The largest absolute Gasteiger partial charge is 0.478 e. The van der Waals surface area contributed by atoms with E-state index in [9.17, 15) is 9.59 Å². The van der Waals surface area contributed by atoms with Gasteiger partial charge >= 0.3 is 11.9 Å². The van der Waals surface area contributed by atoms with Crippen molar-refractivity contribution in [2.45, 2.75) is 71.5 Å². The maximum Gasteiger partial charge on any atom is 0.330 e. The molecule has 0 fully saturated rings. The summed E-state index contributed by atoms with van der Waals surface area (Å²) < 4.78 is 5.26. The molecule has 5 heteroatoms. The first-order chi connectivity index (χ1) is 9.97. The smallest absolute Gasteiger partial charge is 0.330 e. The topological polar surface area (TPSA) is 63.6 Å². The molecular formula is C16H30O4Si. The highest BCUT2D eigenvalue weighted by Crippen LogP contribution is 2.34. The fourth-order valence-electron chi connectivity index (χ4n) is 3.04. The third-order valence-electron chi connectivity index (χ3n) is 3.68. The van der Waals surface area contributed by atoms with E-state index in [1.165, 1.54) is 0 Å². The SMILES string of the molecule is CCCOC(=O)/C(=C/C(=O)O)[Si](CCC)(CCC)CCC. The standard InChI is InChI=1S/C16H30O4Si/c1-5-9-20-16(19)14(13-15(17)18)21(10-6-2,11-7-3)12-8-4/h13H,5-12H2,1-4H3,(H,17,18)/b14-13-. The molecule has 4 nitrogen and oxygen atoms in total. The molecule has 0 aromatic heterocycles. The minimum Gasteiger partial charge on any atom is -0.478 e. The fourth-order valence-corrected chi connectivity index (χ4v) is 8.40. The lowest BCUT2D eigenvalue weighted by Crippen LogP contribution is -2.41. The molecule has 0 spiro atoms. The lowest BCUT2D eigenvalue weighted by molar-refractivity contribution is -0.139. The van der Waals surface area contributed by atoms with Crippen molar-refractivity contribution in [1.82, 2.24) is 0 Å². The molecule has 0 amide bonds. The number of hydrogen-bond donors (Lipinski definition) is 1. The molecule has 0 aromatic rings. The summed E-state index contributed by atoms with van der Waals surface area (Å²) in [6.45, 7) is 8.59. The number of rotatable bonds is 11. The Kier molecular flexibility index (Phi) is 10.0. The summed E-state index contributed by atoms with van der Waals surface area (Å²) in [6.07, 6.45) is 4.81. The zero-order valence-electron chi connectivity index (χ0n) is 13.9. The van der Waals surface area contributed by atoms with Gasteiger partial charge in [-0.15, -0.1) is 0 Å². The van der Waals surface area contributed by atoms with Crippen molar-refractivity contribution in [3.8, 4) is 0 Å². The van der Waals surface area contributed by atoms with Crippen LogP contribution in [0.25, 0.3) is 0 Å². The third kappa shape index (κ3) is 6.46. The first-order valence-electron chi connectivity index (χ1n) is 8.09. The number of carboxylic acids is 1. The Bertz CT molecular complexity index is 346. The summed E-state index contributed by atoms with van der Waals surface area (Å²) in [7, 11) is -2.10. The molecule has 0 radical (unpaired) electrons. The third-order valence-corrected chi connectivity index (χ3v) is 9.54. The molecule has 0 aromatic carbocycles. The summed E-state index contributed by atoms with van der Waals surface area (Å²) >= 11 is 0. The van der Waals surface area contributed by atoms with Gasteiger partial charge in [0.15, 0.2) is 0 Å². The van der Waals surface area contributed by atoms with E-state index in [2.05, 4.69) is 20.8 Å². The molecule has 0 aliphatic carbocycles. The van der Waals surface area contributed by atoms with Gasteiger partial charge in [-0.3, -0.25) is 0 Å². The van der Waals surface area contributed by atoms with Crippen molar-refractivity contribution in [2.24, 2.45) is 0 Å². The highest BCUT2D eigenvalue weighted by molar-refractivity contribution is 6.90. The molecule has 21 heavy (non-hydrogen) atoms. The number of carbonyl (C=O) groups is 2. The number of hydrogen-bond acceptors (Lipinski definition) is 3. The first kappa shape index (κ1) is 19.9. The van der Waals surface area contributed by atoms with Gasteiger partial charge in [0.2, 0.25) is 0 Å². The summed E-state index contributed by atoms with van der Waals surface area (Å²) in [6, 6.07) is 2.86. The van der Waals surface area contributed by atoms with Crippen LogP contribution in [0.5, 0.6) is 0 Å². The molecular weight excluding hydrogens is 284 g/mol. The van der Waals surface area contributed by atoms with Gasteiger partial charge in [-0.05, 0) is 6.42 Å². The first-order valence-corrected chi connectivity index (χ1v) is 10.7. The summed E-state index contributed by atoms with van der Waals surface area (Å²) in [5, 5.41) is 9.64. The van der Waals surface area contributed by atoms with Gasteiger partial charge in [0.25, 0.3) is 0 Å². The molecule has 122 valence electrons. The molecule has 0 saturated heterocycles. The second-order valence-corrected chi connectivity index (χ2v) is 10.2. The van der Waals surface area contributed by atoms with Crippen LogP contribution in [0.4, 0.5) is 0 Å². The van der Waals surface area contributed by atoms with Crippen molar-refractivity contribution < 1.29 is 19.4 Å². The van der Waals surface area contributed by atoms with E-state index in [0.717, 1.165) is 49.9 Å². The lowest BCUT2D eigenvalue weighted by Gasteiger charge is -2.32. The van der Waals surface area contributed by atoms with Crippen LogP contribution in [0.3, 0.4) is 0 Å². The van der Waals surface area contributed by atoms with Crippen LogP contribution in [0, 0.1) is 0 Å². The van der Waals surface area contributed by atoms with Gasteiger partial charge < -0.3 is 9.84 Å². The van der Waals surface area contributed by atoms with Gasteiger partial charge in [0.1, 0.15) is 0 Å². The van der Waals surface area contributed by atoms with Crippen LogP contribution >= 0.6 is 0 Å². The quantitative estimate of drug-likeness (QED) is 0.353. The highest BCUT2D eigenvalue weighted by Gasteiger charge is 2.39. The van der Waals surface area contributed by atoms with Crippen LogP contribution < -0.4 is 0 Å². The highest BCUT2D eigenvalue weighted by atomic mass is 28.3. The summed E-state index contributed by atoms with van der Waals surface area (Å²) in [4.78, 5) is 23.6. The Morgan fingerprint density at radius 3 is 1.76 bits per heavy atom. The predicted octanol–water partition coefficient (Wildman–Crippen LogP) is 4.17. The van der Waals surface area contributed by atoms with Gasteiger partial charge in [-0.25, -0.2) is 9.59 Å². The second kappa shape index (κ2) is 10.6. The van der Waals surface area contributed by atoms with Crippen LogP contribution in [-0.2, 0) is 14.3 Å². The number of ether oxygens (including phenoxy) is 1. The van der Waals surface area contributed by atoms with E-state index >= 15 is 0 Å². The van der Waals surface area contributed by atoms with Gasteiger partial charge in [-0.1, -0.05) is 65.1 Å². The van der Waals surface area contributed by atoms with Gasteiger partial charge in [0, 0.05) is 11.3 Å². The van der Waals surface area contributed by atoms with E-state index in [1.807, 2.05) is 6.92 Å². The summed E-state index contributed by atoms with van der Waals surface area (Å²) in [5.41, 5.74) is 0. The Morgan fingerprint density at radius 1 is 0.952 bits per heavy atom. The van der Waals surface area contributed by atoms with Gasteiger partial charge in [-0.2, -0.15) is 0 Å². The summed E-state index contributed by atoms with van der Waals surface area (Å²) in [5.74, 6) is -1.44. The normalized spacial score (nSPS) is 12.3. The molecule has 0 saturated carbocycles. The monoisotopic (exact) mass is 314 g/mol. The molecule has 0 unspecified atom stereocenters. The fraction of sp³-hybridized carbons (Fsp3) is 0.750. The van der Waals surface area contributed by atoms with Crippen molar-refractivity contribution >= 4 is 20.0 Å². The van der Waals surface area contributed by atoms with E-state index in [0.29, 0.717) is 11.8 Å². The molecule has 1 N–H and O–H groups in total. The molecule has 0 heterocycles. The molecule has 0 atom stereocenters. The number of esters is 1. The van der Waals surface area contributed by atoms with Crippen LogP contribution in [0.15, 0.2) is 11.3 Å². The zero-order valence-corrected chi connectivity index (χ0v) is 14.9. The Hall–Kier alpha value is -1.10. The molecule has 0 aliphatic heterocycles. The Balaban J connectivity index is 5.64. The van der Waals surface area contributed by atoms with Crippen LogP contribution in [-0.4, -0.2) is 31.7 Å². The predicted molar refractivity (Wildman–Crippen MR) is 88.0 cm³/mol. The number of carboxylic acid groups (broad SMARTS) is 1. The Labute approximate surface area is 129 Å². The van der Waals surface area contributed by atoms with E-state index in [1.54, 1.807) is 0 Å². The maximum absolute atomic E-state index is 12.4. The number of carbonyl (C=O) groups excluding carboxylic acids is 1. The van der Waals surface area contributed by atoms with Crippen LogP contribution in [0.2, 0.25) is 18.1 Å². The van der Waals surface area contributed by atoms with Crippen molar-refractivity contribution in [2.75, 3.05) is 6.61 Å². The average Bonchev–Trinajstić information content (AvgIpc) is 2.42. The molecule has 0 aliphatic rings. The minimum absolute atomic E-state index is 0.352. The minimum atomic E-state index is -2.10.